The van der Waals surface area contributed by atoms with Crippen molar-refractivity contribution in [2.75, 3.05) is 46.2 Å². The number of phenolic OH excluding ortho intramolecular Hbond substituents is 1. The Labute approximate surface area is 221 Å². The molecule has 5 aliphatic rings. The molecule has 10 heteroatoms. The summed E-state index contributed by atoms with van der Waals surface area (Å²) in [6.45, 7) is 1.82. The van der Waals surface area contributed by atoms with Gasteiger partial charge in [-0.25, -0.2) is 0 Å². The van der Waals surface area contributed by atoms with E-state index in [2.05, 4.69) is 16.8 Å². The third-order valence-corrected chi connectivity index (χ3v) is 9.55. The highest BCUT2D eigenvalue weighted by Crippen LogP contribution is 2.54. The maximum Gasteiger partial charge on any atom is 0.255 e. The minimum Gasteiger partial charge on any atom is -0.511 e. The number of fused-ring (bicyclic) bond motifs is 7. The van der Waals surface area contributed by atoms with Crippen molar-refractivity contribution in [1.82, 2.24) is 9.80 Å². The average Bonchev–Trinajstić information content (AvgIpc) is 3.18. The van der Waals surface area contributed by atoms with Gasteiger partial charge in [0.2, 0.25) is 0 Å². The van der Waals surface area contributed by atoms with Crippen LogP contribution in [0.4, 0.5) is 5.69 Å². The first-order valence-corrected chi connectivity index (χ1v) is 13.1. The van der Waals surface area contributed by atoms with Crippen LogP contribution in [0.15, 0.2) is 28.7 Å². The van der Waals surface area contributed by atoms with Gasteiger partial charge in [-0.2, -0.15) is 0 Å². The summed E-state index contributed by atoms with van der Waals surface area (Å²) < 4.78 is 0. The number of aliphatic hydroxyl groups excluding tert-OH is 2. The molecule has 2 heterocycles. The van der Waals surface area contributed by atoms with E-state index in [0.717, 1.165) is 36.3 Å². The molecule has 10 nitrogen and oxygen atoms in total. The molecule has 5 N–H and O–H groups in total. The molecule has 6 rings (SSSR count). The van der Waals surface area contributed by atoms with Crippen LogP contribution in [0.5, 0.6) is 5.75 Å². The summed E-state index contributed by atoms with van der Waals surface area (Å²) in [7, 11) is 7.55. The molecule has 1 fully saturated rings. The summed E-state index contributed by atoms with van der Waals surface area (Å²) >= 11 is 0. The van der Waals surface area contributed by atoms with Crippen molar-refractivity contribution in [2.24, 2.45) is 29.4 Å². The van der Waals surface area contributed by atoms with Crippen LogP contribution in [-0.4, -0.2) is 89.9 Å². The summed E-state index contributed by atoms with van der Waals surface area (Å²) in [6, 6.07) is 1.14. The number of benzene rings is 1. The molecule has 1 aromatic carbocycles. The average molecular weight is 523 g/mol. The molecule has 6 atom stereocenters. The molecule has 202 valence electrons. The molecule has 0 radical (unpaired) electrons. The normalized spacial score (nSPS) is 32.7. The Bertz CT molecular complexity index is 1360. The number of amides is 1. The third kappa shape index (κ3) is 3.16. The van der Waals surface area contributed by atoms with E-state index < -0.39 is 52.6 Å². The Kier molecular flexibility index (Phi) is 5.46. The van der Waals surface area contributed by atoms with Gasteiger partial charge in [-0.15, -0.1) is 0 Å². The summed E-state index contributed by atoms with van der Waals surface area (Å²) in [5.74, 6) is -4.92. The van der Waals surface area contributed by atoms with Crippen LogP contribution in [0.25, 0.3) is 0 Å². The standard InChI is InChI=1S/C28H34N4O6/c1-30(2)23-14-8-12-7-13-18(16(33)9-15-21-11(5-6-31(21)3)10-32(4)22(13)15)24(34)17(12)25(35)19(14)26(36)20(27(23)37)28(29)38/h9,11-12,14,19,21,23,33,35,37H,5-8,10H2,1-4H3,(H2,29,38)/t11?,12-,14+,19-,21?,23-/m1/s1. The molecule has 0 aromatic heterocycles. The largest absolute Gasteiger partial charge is 0.511 e. The lowest BCUT2D eigenvalue weighted by atomic mass is 9.60. The van der Waals surface area contributed by atoms with Crippen molar-refractivity contribution in [3.63, 3.8) is 0 Å². The lowest BCUT2D eigenvalue weighted by Gasteiger charge is -2.47. The van der Waals surface area contributed by atoms with E-state index in [1.807, 2.05) is 7.05 Å². The monoisotopic (exact) mass is 522 g/mol. The van der Waals surface area contributed by atoms with Crippen LogP contribution in [-0.2, 0) is 16.0 Å². The van der Waals surface area contributed by atoms with Crippen LogP contribution in [0.3, 0.4) is 0 Å². The van der Waals surface area contributed by atoms with Gasteiger partial charge in [0.15, 0.2) is 11.6 Å². The van der Waals surface area contributed by atoms with E-state index in [1.165, 1.54) is 0 Å². The first-order chi connectivity index (χ1) is 17.9. The van der Waals surface area contributed by atoms with E-state index in [9.17, 15) is 29.7 Å². The van der Waals surface area contributed by atoms with Crippen LogP contribution in [0.1, 0.15) is 40.4 Å². The molecular weight excluding hydrogens is 488 g/mol. The number of allylic oxidation sites excluding steroid dienone is 2. The number of aromatic hydroxyl groups is 1. The number of aliphatic hydroxyl groups is 2. The summed E-state index contributed by atoms with van der Waals surface area (Å²) in [5, 5.41) is 33.5. The number of Topliss-reactive ketones (excluding diaryl/α,β-unsaturated/α-hetero) is 2. The summed E-state index contributed by atoms with van der Waals surface area (Å²) in [4.78, 5) is 45.6. The topological polar surface area (TPSA) is 148 Å². The molecule has 2 unspecified atom stereocenters. The number of anilines is 1. The van der Waals surface area contributed by atoms with Gasteiger partial charge in [0.25, 0.3) is 5.91 Å². The highest BCUT2D eigenvalue weighted by molar-refractivity contribution is 6.22. The summed E-state index contributed by atoms with van der Waals surface area (Å²) in [5.41, 5.74) is 7.94. The molecule has 1 saturated heterocycles. The van der Waals surface area contributed by atoms with E-state index in [1.54, 1.807) is 25.1 Å². The Hall–Kier alpha value is -3.37. The van der Waals surface area contributed by atoms with Crippen molar-refractivity contribution in [1.29, 1.82) is 0 Å². The van der Waals surface area contributed by atoms with Gasteiger partial charge in [0, 0.05) is 30.9 Å². The molecule has 1 aromatic rings. The molecule has 38 heavy (non-hydrogen) atoms. The maximum atomic E-state index is 14.0. The lowest BCUT2D eigenvalue weighted by molar-refractivity contribution is -0.127. The van der Waals surface area contributed by atoms with Gasteiger partial charge in [0.1, 0.15) is 22.8 Å². The Balaban J connectivity index is 1.51. The minimum atomic E-state index is -1.17. The van der Waals surface area contributed by atoms with Gasteiger partial charge >= 0.3 is 0 Å². The fourth-order valence-electron chi connectivity index (χ4n) is 8.18. The number of hydrogen-bond donors (Lipinski definition) is 4. The van der Waals surface area contributed by atoms with Crippen molar-refractivity contribution >= 4 is 23.2 Å². The number of nitrogens with zero attached hydrogens (tertiary/aromatic N) is 3. The van der Waals surface area contributed by atoms with Crippen LogP contribution >= 0.6 is 0 Å². The quantitative estimate of drug-likeness (QED) is 0.424. The second kappa shape index (κ2) is 8.31. The number of likely N-dealkylation sites (N-methyl/N-ethyl adjacent to an activating group) is 1. The van der Waals surface area contributed by atoms with E-state index in [0.29, 0.717) is 18.8 Å². The highest BCUT2D eigenvalue weighted by Gasteiger charge is 2.55. The zero-order valence-electron chi connectivity index (χ0n) is 22.1. The molecule has 0 bridgehead atoms. The number of primary amides is 1. The smallest absolute Gasteiger partial charge is 0.255 e. The van der Waals surface area contributed by atoms with E-state index >= 15 is 0 Å². The number of carbonyl (C=O) groups excluding carboxylic acids is 3. The second-order valence-electron chi connectivity index (χ2n) is 11.8. The highest BCUT2D eigenvalue weighted by atomic mass is 16.3. The number of phenols is 1. The van der Waals surface area contributed by atoms with Crippen molar-refractivity contribution in [3.8, 4) is 5.75 Å². The minimum absolute atomic E-state index is 0.111. The first-order valence-electron chi connectivity index (χ1n) is 13.1. The predicted molar refractivity (Wildman–Crippen MR) is 139 cm³/mol. The summed E-state index contributed by atoms with van der Waals surface area (Å²) in [6.07, 6.45) is 1.83. The number of ketones is 2. The molecule has 2 aliphatic heterocycles. The SMILES string of the molecule is CN1CC2CCN(C)C2c2cc(O)c3c(c21)C[C@@H]1C[C@H]2[C@@H](C(=O)C(C(N)=O)=C(O)[C@@H]2N(C)C)C(O)=C1C3=O. The number of rotatable bonds is 2. The molecule has 3 aliphatic carbocycles. The van der Waals surface area contributed by atoms with E-state index in [4.69, 9.17) is 5.73 Å². The van der Waals surface area contributed by atoms with Gasteiger partial charge < -0.3 is 26.0 Å². The molecule has 1 amide bonds. The zero-order valence-corrected chi connectivity index (χ0v) is 22.1. The number of carbonyl (C=O) groups is 3. The van der Waals surface area contributed by atoms with Crippen LogP contribution < -0.4 is 10.6 Å². The number of hydrogen-bond acceptors (Lipinski definition) is 9. The molecule has 0 saturated carbocycles. The third-order valence-electron chi connectivity index (χ3n) is 9.55. The zero-order chi connectivity index (χ0) is 27.4. The number of likely N-dealkylation sites (tertiary alicyclic amines) is 1. The van der Waals surface area contributed by atoms with Gasteiger partial charge in [0.05, 0.1) is 17.5 Å². The Morgan fingerprint density at radius 3 is 2.50 bits per heavy atom. The fraction of sp³-hybridized carbons (Fsp3) is 0.536. The first kappa shape index (κ1) is 24.9. The number of nitrogens with two attached hydrogens (primary N) is 1. The van der Waals surface area contributed by atoms with Crippen LogP contribution in [0, 0.1) is 23.7 Å². The van der Waals surface area contributed by atoms with E-state index in [-0.39, 0.29) is 28.7 Å². The van der Waals surface area contributed by atoms with Crippen molar-refractivity contribution < 1.29 is 29.7 Å². The predicted octanol–water partition coefficient (Wildman–Crippen LogP) is 1.45. The fourth-order valence-corrected chi connectivity index (χ4v) is 8.18. The van der Waals surface area contributed by atoms with Gasteiger partial charge in [-0.05, 0) is 81.9 Å². The van der Waals surface area contributed by atoms with Crippen LogP contribution in [0.2, 0.25) is 0 Å². The van der Waals surface area contributed by atoms with Gasteiger partial charge in [-0.1, -0.05) is 0 Å². The maximum absolute atomic E-state index is 14.0. The van der Waals surface area contributed by atoms with Crippen molar-refractivity contribution in [3.05, 3.63) is 45.4 Å². The Morgan fingerprint density at radius 1 is 1.13 bits per heavy atom. The Morgan fingerprint density at radius 2 is 1.84 bits per heavy atom. The van der Waals surface area contributed by atoms with Crippen molar-refractivity contribution in [2.45, 2.75) is 31.3 Å². The second-order valence-corrected chi connectivity index (χ2v) is 11.8. The van der Waals surface area contributed by atoms with Gasteiger partial charge in [-0.3, -0.25) is 24.2 Å². The lowest BCUT2D eigenvalue weighted by Crippen LogP contribution is -2.53. The molecule has 0 spiro atoms. The molecular formula is C28H34N4O6.